The third-order valence-electron chi connectivity index (χ3n) is 1.99. The molecule has 2 rings (SSSR count). The summed E-state index contributed by atoms with van der Waals surface area (Å²) in [5, 5.41) is 10.0. The number of halogens is 2. The summed E-state index contributed by atoms with van der Waals surface area (Å²) in [6, 6.07) is 9.43. The molecule has 1 heterocycles. The number of rotatable bonds is 2. The van der Waals surface area contributed by atoms with Crippen molar-refractivity contribution in [2.45, 2.75) is 9.92 Å². The lowest BCUT2D eigenvalue weighted by molar-refractivity contribution is 0.626. The van der Waals surface area contributed by atoms with Gasteiger partial charge in [-0.1, -0.05) is 23.4 Å². The van der Waals surface area contributed by atoms with E-state index in [4.69, 9.17) is 16.9 Å². The van der Waals surface area contributed by atoms with Crippen LogP contribution in [0.2, 0.25) is 5.02 Å². The zero-order valence-electron chi connectivity index (χ0n) is 8.52. The quantitative estimate of drug-likeness (QED) is 0.825. The van der Waals surface area contributed by atoms with Gasteiger partial charge in [0.2, 0.25) is 0 Å². The van der Waals surface area contributed by atoms with E-state index in [-0.39, 0.29) is 5.56 Å². The smallest absolute Gasteiger partial charge is 0.124 e. The molecular weight excluding hydrogens is 259 g/mol. The standard InChI is InChI=1S/C12H6ClFN2S/c13-10-2-1-5-16-12(10)17-11-4-3-9(14)6-8(11)7-15/h1-6H. The number of aromatic nitrogens is 1. The summed E-state index contributed by atoms with van der Waals surface area (Å²) in [6.07, 6.45) is 1.61. The van der Waals surface area contributed by atoms with Crippen LogP contribution in [0.4, 0.5) is 4.39 Å². The zero-order valence-corrected chi connectivity index (χ0v) is 10.1. The van der Waals surface area contributed by atoms with Crippen molar-refractivity contribution >= 4 is 23.4 Å². The second kappa shape index (κ2) is 5.17. The van der Waals surface area contributed by atoms with Gasteiger partial charge in [0.1, 0.15) is 16.9 Å². The van der Waals surface area contributed by atoms with Crippen LogP contribution in [0.15, 0.2) is 46.5 Å². The Balaban J connectivity index is 2.37. The van der Waals surface area contributed by atoms with Gasteiger partial charge in [-0.15, -0.1) is 0 Å². The van der Waals surface area contributed by atoms with E-state index in [1.807, 2.05) is 6.07 Å². The highest BCUT2D eigenvalue weighted by Gasteiger charge is 2.08. The molecule has 2 aromatic rings. The highest BCUT2D eigenvalue weighted by atomic mass is 35.5. The Kier molecular flexibility index (Phi) is 3.62. The van der Waals surface area contributed by atoms with E-state index in [2.05, 4.69) is 4.98 Å². The average Bonchev–Trinajstić information content (AvgIpc) is 2.34. The second-order valence-electron chi connectivity index (χ2n) is 3.14. The molecule has 0 atom stereocenters. The fraction of sp³-hybridized carbons (Fsp3) is 0. The summed E-state index contributed by atoms with van der Waals surface area (Å²) in [7, 11) is 0. The van der Waals surface area contributed by atoms with Crippen LogP contribution in [-0.4, -0.2) is 4.98 Å². The first-order valence-electron chi connectivity index (χ1n) is 4.69. The van der Waals surface area contributed by atoms with E-state index in [0.717, 1.165) is 0 Å². The maximum atomic E-state index is 13.0. The molecule has 1 aromatic heterocycles. The topological polar surface area (TPSA) is 36.7 Å². The lowest BCUT2D eigenvalue weighted by Crippen LogP contribution is -1.86. The van der Waals surface area contributed by atoms with Gasteiger partial charge in [0.05, 0.1) is 10.6 Å². The first kappa shape index (κ1) is 11.9. The van der Waals surface area contributed by atoms with Crippen molar-refractivity contribution in [3.63, 3.8) is 0 Å². The first-order chi connectivity index (χ1) is 8.20. The highest BCUT2D eigenvalue weighted by molar-refractivity contribution is 7.99. The van der Waals surface area contributed by atoms with E-state index >= 15 is 0 Å². The van der Waals surface area contributed by atoms with Gasteiger partial charge in [-0.05, 0) is 30.3 Å². The average molecular weight is 265 g/mol. The molecule has 0 aliphatic rings. The SMILES string of the molecule is N#Cc1cc(F)ccc1Sc1ncccc1Cl. The van der Waals surface area contributed by atoms with Gasteiger partial charge in [-0.3, -0.25) is 0 Å². The normalized spacial score (nSPS) is 9.94. The molecule has 0 radical (unpaired) electrons. The van der Waals surface area contributed by atoms with Gasteiger partial charge in [0, 0.05) is 11.1 Å². The number of pyridine rings is 1. The van der Waals surface area contributed by atoms with E-state index in [1.54, 1.807) is 24.4 Å². The molecule has 0 fully saturated rings. The van der Waals surface area contributed by atoms with Crippen LogP contribution in [0.3, 0.4) is 0 Å². The van der Waals surface area contributed by atoms with Crippen molar-refractivity contribution in [3.05, 3.63) is 52.9 Å². The van der Waals surface area contributed by atoms with Crippen LogP contribution in [0, 0.1) is 17.1 Å². The minimum atomic E-state index is -0.432. The fourth-order valence-electron chi connectivity index (χ4n) is 1.23. The molecular formula is C12H6ClFN2S. The molecule has 0 amide bonds. The Morgan fingerprint density at radius 2 is 2.18 bits per heavy atom. The summed E-state index contributed by atoms with van der Waals surface area (Å²) in [5.74, 6) is -0.432. The molecule has 1 aromatic carbocycles. The van der Waals surface area contributed by atoms with Gasteiger partial charge in [0.25, 0.3) is 0 Å². The number of benzene rings is 1. The molecule has 0 saturated carbocycles. The Morgan fingerprint density at radius 3 is 2.88 bits per heavy atom. The Labute approximate surface area is 107 Å². The molecule has 0 bridgehead atoms. The van der Waals surface area contributed by atoms with Gasteiger partial charge < -0.3 is 0 Å². The monoisotopic (exact) mass is 264 g/mol. The second-order valence-corrected chi connectivity index (χ2v) is 4.58. The summed E-state index contributed by atoms with van der Waals surface area (Å²) in [5.41, 5.74) is 0.275. The molecule has 0 saturated heterocycles. The predicted octanol–water partition coefficient (Wildman–Crippen LogP) is 3.90. The van der Waals surface area contributed by atoms with Crippen molar-refractivity contribution in [1.29, 1.82) is 5.26 Å². The van der Waals surface area contributed by atoms with Gasteiger partial charge in [0.15, 0.2) is 0 Å². The summed E-state index contributed by atoms with van der Waals surface area (Å²) >= 11 is 7.20. The van der Waals surface area contributed by atoms with Crippen LogP contribution in [0.25, 0.3) is 0 Å². The number of hydrogen-bond acceptors (Lipinski definition) is 3. The maximum absolute atomic E-state index is 13.0. The van der Waals surface area contributed by atoms with Crippen LogP contribution in [0.1, 0.15) is 5.56 Å². The number of nitrogens with zero attached hydrogens (tertiary/aromatic N) is 2. The summed E-state index contributed by atoms with van der Waals surface area (Å²) < 4.78 is 13.0. The van der Waals surface area contributed by atoms with Crippen molar-refractivity contribution in [3.8, 4) is 6.07 Å². The van der Waals surface area contributed by atoms with E-state index < -0.39 is 5.82 Å². The first-order valence-corrected chi connectivity index (χ1v) is 5.88. The molecule has 5 heteroatoms. The van der Waals surface area contributed by atoms with Crippen molar-refractivity contribution in [2.24, 2.45) is 0 Å². The molecule has 0 aliphatic carbocycles. The highest BCUT2D eigenvalue weighted by Crippen LogP contribution is 2.33. The van der Waals surface area contributed by atoms with Gasteiger partial charge in [-0.25, -0.2) is 9.37 Å². The molecule has 0 spiro atoms. The lowest BCUT2D eigenvalue weighted by atomic mass is 10.2. The van der Waals surface area contributed by atoms with Gasteiger partial charge in [-0.2, -0.15) is 5.26 Å². The van der Waals surface area contributed by atoms with Crippen molar-refractivity contribution < 1.29 is 4.39 Å². The van der Waals surface area contributed by atoms with E-state index in [1.165, 1.54) is 23.9 Å². The zero-order chi connectivity index (χ0) is 12.3. The Bertz CT molecular complexity index is 595. The third kappa shape index (κ3) is 2.76. The number of nitriles is 1. The third-order valence-corrected chi connectivity index (χ3v) is 3.51. The van der Waals surface area contributed by atoms with Crippen molar-refractivity contribution in [1.82, 2.24) is 4.98 Å². The van der Waals surface area contributed by atoms with Crippen LogP contribution >= 0.6 is 23.4 Å². The van der Waals surface area contributed by atoms with Crippen LogP contribution in [-0.2, 0) is 0 Å². The molecule has 2 nitrogen and oxygen atoms in total. The molecule has 0 unspecified atom stereocenters. The Morgan fingerprint density at radius 1 is 1.35 bits per heavy atom. The van der Waals surface area contributed by atoms with E-state index in [0.29, 0.717) is 14.9 Å². The lowest BCUT2D eigenvalue weighted by Gasteiger charge is -2.04. The largest absolute Gasteiger partial charge is 0.248 e. The number of hydrogen-bond donors (Lipinski definition) is 0. The van der Waals surface area contributed by atoms with Crippen molar-refractivity contribution in [2.75, 3.05) is 0 Å². The Hall–Kier alpha value is -1.57. The molecule has 17 heavy (non-hydrogen) atoms. The van der Waals surface area contributed by atoms with E-state index in [9.17, 15) is 4.39 Å². The molecule has 0 aliphatic heterocycles. The minimum Gasteiger partial charge on any atom is -0.248 e. The summed E-state index contributed by atoms with van der Waals surface area (Å²) in [6.45, 7) is 0. The summed E-state index contributed by atoms with van der Waals surface area (Å²) in [4.78, 5) is 4.73. The van der Waals surface area contributed by atoms with Crippen LogP contribution < -0.4 is 0 Å². The maximum Gasteiger partial charge on any atom is 0.124 e. The fourth-order valence-corrected chi connectivity index (χ4v) is 2.30. The minimum absolute atomic E-state index is 0.275. The van der Waals surface area contributed by atoms with Gasteiger partial charge >= 0.3 is 0 Å². The predicted molar refractivity (Wildman–Crippen MR) is 64.5 cm³/mol. The molecule has 84 valence electrons. The van der Waals surface area contributed by atoms with Crippen LogP contribution in [0.5, 0.6) is 0 Å². The molecule has 0 N–H and O–H groups in total.